The van der Waals surface area contributed by atoms with Gasteiger partial charge in [-0.2, -0.15) is 0 Å². The molecule has 0 saturated heterocycles. The summed E-state index contributed by atoms with van der Waals surface area (Å²) in [7, 11) is 0. The Morgan fingerprint density at radius 1 is 1.67 bits per heavy atom. The quantitative estimate of drug-likeness (QED) is 0.792. The number of hydrogen-bond donors (Lipinski definition) is 1. The monoisotopic (exact) mass is 230 g/mol. The molecule has 0 aliphatic rings. The van der Waals surface area contributed by atoms with Gasteiger partial charge in [0.1, 0.15) is 11.6 Å². The van der Waals surface area contributed by atoms with E-state index in [0.29, 0.717) is 16.7 Å². The molecule has 0 aromatic carbocycles. The predicted molar refractivity (Wildman–Crippen MR) is 51.4 cm³/mol. The average Bonchev–Trinajstić information content (AvgIpc) is 2.07. The molecule has 0 spiro atoms. The number of anilines is 1. The molecule has 2 N–H and O–H groups in total. The molecule has 0 aliphatic heterocycles. The molecule has 0 atom stereocenters. The molecule has 0 aliphatic carbocycles. The molecular weight excluding hydrogens is 223 g/mol. The number of pyridine rings is 1. The fraction of sp³-hybridized carbons (Fsp3) is 0.125. The zero-order valence-corrected chi connectivity index (χ0v) is 7.88. The van der Waals surface area contributed by atoms with Crippen LogP contribution in [0.15, 0.2) is 18.3 Å². The third-order valence-electron chi connectivity index (χ3n) is 1.30. The first kappa shape index (κ1) is 9.19. The van der Waals surface area contributed by atoms with Crippen LogP contribution in [-0.2, 0) is 0 Å². The highest BCUT2D eigenvalue weighted by Crippen LogP contribution is 2.11. The lowest BCUT2D eigenvalue weighted by Crippen LogP contribution is -1.94. The Bertz CT molecular complexity index is 299. The molecule has 1 aromatic rings. The van der Waals surface area contributed by atoms with Gasteiger partial charge >= 0.3 is 0 Å². The Labute approximate surface area is 78.4 Å². The zero-order chi connectivity index (χ0) is 8.97. The second-order valence-corrected chi connectivity index (χ2v) is 2.83. The van der Waals surface area contributed by atoms with E-state index < -0.39 is 0 Å². The highest BCUT2D eigenvalue weighted by molar-refractivity contribution is 9.09. The van der Waals surface area contributed by atoms with Crippen molar-refractivity contribution < 1.29 is 4.39 Å². The minimum atomic E-state index is -0.376. The molecule has 1 aromatic heterocycles. The van der Waals surface area contributed by atoms with Crippen molar-refractivity contribution >= 4 is 27.8 Å². The van der Waals surface area contributed by atoms with Crippen LogP contribution in [0.4, 0.5) is 10.2 Å². The SMILES string of the molecule is Nc1ncc(F)cc1C=CCBr. The van der Waals surface area contributed by atoms with Crippen molar-refractivity contribution in [3.63, 3.8) is 0 Å². The summed E-state index contributed by atoms with van der Waals surface area (Å²) in [6, 6.07) is 1.35. The van der Waals surface area contributed by atoms with Crippen LogP contribution in [0.2, 0.25) is 0 Å². The summed E-state index contributed by atoms with van der Waals surface area (Å²) in [5, 5.41) is 0.711. The van der Waals surface area contributed by atoms with Crippen LogP contribution < -0.4 is 5.73 Å². The molecule has 0 radical (unpaired) electrons. The Morgan fingerprint density at radius 3 is 3.08 bits per heavy atom. The Kier molecular flexibility index (Phi) is 3.22. The molecule has 0 fully saturated rings. The van der Waals surface area contributed by atoms with Gasteiger partial charge in [0.2, 0.25) is 0 Å². The summed E-state index contributed by atoms with van der Waals surface area (Å²) in [4.78, 5) is 3.67. The van der Waals surface area contributed by atoms with Crippen LogP contribution >= 0.6 is 15.9 Å². The van der Waals surface area contributed by atoms with Crippen molar-refractivity contribution in [2.24, 2.45) is 0 Å². The number of hydrogen-bond acceptors (Lipinski definition) is 2. The Morgan fingerprint density at radius 2 is 2.42 bits per heavy atom. The Hall–Kier alpha value is -0.900. The number of allylic oxidation sites excluding steroid dienone is 1. The summed E-state index contributed by atoms with van der Waals surface area (Å²) >= 11 is 3.21. The molecule has 0 unspecified atom stereocenters. The maximum Gasteiger partial charge on any atom is 0.142 e. The fourth-order valence-corrected chi connectivity index (χ4v) is 0.957. The highest BCUT2D eigenvalue weighted by Gasteiger charge is 1.97. The number of halogens is 2. The van der Waals surface area contributed by atoms with E-state index in [0.717, 1.165) is 6.20 Å². The first-order valence-electron chi connectivity index (χ1n) is 3.37. The van der Waals surface area contributed by atoms with E-state index >= 15 is 0 Å². The standard InChI is InChI=1S/C8H8BrFN2/c9-3-1-2-6-4-7(10)5-12-8(6)11/h1-2,4-5H,3H2,(H2,11,12). The van der Waals surface area contributed by atoms with Crippen LogP contribution in [0.25, 0.3) is 6.08 Å². The van der Waals surface area contributed by atoms with Crippen molar-refractivity contribution in [2.45, 2.75) is 0 Å². The van der Waals surface area contributed by atoms with Gasteiger partial charge in [0.15, 0.2) is 0 Å². The van der Waals surface area contributed by atoms with Gasteiger partial charge < -0.3 is 5.73 Å². The molecule has 64 valence electrons. The summed E-state index contributed by atoms with van der Waals surface area (Å²) in [5.74, 6) is -0.0352. The topological polar surface area (TPSA) is 38.9 Å². The molecule has 0 amide bonds. The van der Waals surface area contributed by atoms with E-state index in [2.05, 4.69) is 20.9 Å². The van der Waals surface area contributed by atoms with Crippen LogP contribution in [-0.4, -0.2) is 10.3 Å². The molecule has 1 rings (SSSR count). The number of nitrogen functional groups attached to an aromatic ring is 1. The van der Waals surface area contributed by atoms with Crippen molar-refractivity contribution in [1.29, 1.82) is 0 Å². The molecule has 12 heavy (non-hydrogen) atoms. The van der Waals surface area contributed by atoms with Gasteiger partial charge in [0.05, 0.1) is 6.20 Å². The number of alkyl halides is 1. The van der Waals surface area contributed by atoms with E-state index in [1.807, 2.05) is 6.08 Å². The maximum atomic E-state index is 12.6. The van der Waals surface area contributed by atoms with E-state index in [1.54, 1.807) is 6.08 Å². The molecular formula is C8H8BrFN2. The lowest BCUT2D eigenvalue weighted by molar-refractivity contribution is 0.621. The van der Waals surface area contributed by atoms with E-state index in [1.165, 1.54) is 6.07 Å². The molecule has 0 bridgehead atoms. The summed E-state index contributed by atoms with van der Waals surface area (Å²) in [6.07, 6.45) is 4.65. The van der Waals surface area contributed by atoms with Crippen molar-refractivity contribution in [3.8, 4) is 0 Å². The first-order chi connectivity index (χ1) is 5.74. The van der Waals surface area contributed by atoms with Crippen molar-refractivity contribution in [2.75, 3.05) is 11.1 Å². The average molecular weight is 231 g/mol. The van der Waals surface area contributed by atoms with Crippen LogP contribution in [0, 0.1) is 5.82 Å². The summed E-state index contributed by atoms with van der Waals surface area (Å²) in [5.41, 5.74) is 6.09. The zero-order valence-electron chi connectivity index (χ0n) is 6.30. The fourth-order valence-electron chi connectivity index (χ4n) is 0.771. The molecule has 4 heteroatoms. The summed E-state index contributed by atoms with van der Waals surface area (Å²) in [6.45, 7) is 0. The normalized spacial score (nSPS) is 10.8. The lowest BCUT2D eigenvalue weighted by atomic mass is 10.2. The van der Waals surface area contributed by atoms with Gasteiger partial charge in [-0.05, 0) is 6.07 Å². The third kappa shape index (κ3) is 2.30. The largest absolute Gasteiger partial charge is 0.383 e. The third-order valence-corrected chi connectivity index (χ3v) is 1.68. The lowest BCUT2D eigenvalue weighted by Gasteiger charge is -1.97. The van der Waals surface area contributed by atoms with Gasteiger partial charge in [0.25, 0.3) is 0 Å². The number of rotatable bonds is 2. The Balaban J connectivity index is 2.97. The molecule has 0 saturated carbocycles. The van der Waals surface area contributed by atoms with Gasteiger partial charge in [-0.3, -0.25) is 0 Å². The predicted octanol–water partition coefficient (Wildman–Crippen LogP) is 2.21. The van der Waals surface area contributed by atoms with E-state index in [4.69, 9.17) is 5.73 Å². The van der Waals surface area contributed by atoms with Crippen molar-refractivity contribution in [1.82, 2.24) is 4.98 Å². The highest BCUT2D eigenvalue weighted by atomic mass is 79.9. The number of nitrogens with two attached hydrogens (primary N) is 1. The minimum absolute atomic E-state index is 0.341. The number of nitrogens with zero attached hydrogens (tertiary/aromatic N) is 1. The second kappa shape index (κ2) is 4.21. The summed E-state index contributed by atoms with van der Waals surface area (Å²) < 4.78 is 12.6. The second-order valence-electron chi connectivity index (χ2n) is 2.18. The van der Waals surface area contributed by atoms with Crippen LogP contribution in [0.1, 0.15) is 5.56 Å². The van der Waals surface area contributed by atoms with Gasteiger partial charge in [-0.15, -0.1) is 0 Å². The van der Waals surface area contributed by atoms with Gasteiger partial charge in [-0.25, -0.2) is 9.37 Å². The molecule has 2 nitrogen and oxygen atoms in total. The van der Waals surface area contributed by atoms with Crippen LogP contribution in [0.3, 0.4) is 0 Å². The maximum absolute atomic E-state index is 12.6. The van der Waals surface area contributed by atoms with E-state index in [9.17, 15) is 4.39 Å². The number of aromatic nitrogens is 1. The molecule has 1 heterocycles. The smallest absolute Gasteiger partial charge is 0.142 e. The minimum Gasteiger partial charge on any atom is -0.383 e. The van der Waals surface area contributed by atoms with Gasteiger partial charge in [-0.1, -0.05) is 28.1 Å². The van der Waals surface area contributed by atoms with E-state index in [-0.39, 0.29) is 5.82 Å². The van der Waals surface area contributed by atoms with Crippen molar-refractivity contribution in [3.05, 3.63) is 29.7 Å². The van der Waals surface area contributed by atoms with Crippen LogP contribution in [0.5, 0.6) is 0 Å². The first-order valence-corrected chi connectivity index (χ1v) is 4.49. The van der Waals surface area contributed by atoms with Gasteiger partial charge in [0, 0.05) is 10.9 Å².